The summed E-state index contributed by atoms with van der Waals surface area (Å²) in [6.07, 6.45) is 3.80. The largest absolute Gasteiger partial charge is 0.468 e. The van der Waals surface area contributed by atoms with Crippen molar-refractivity contribution in [2.75, 3.05) is 26.8 Å². The van der Waals surface area contributed by atoms with Crippen LogP contribution in [0.4, 0.5) is 0 Å². The number of methoxy groups -OCH3 is 1. The van der Waals surface area contributed by atoms with E-state index in [9.17, 15) is 4.79 Å². The van der Waals surface area contributed by atoms with Gasteiger partial charge in [-0.2, -0.15) is 0 Å². The molecular weight excluding hydrogens is 220 g/mol. The molecule has 1 heterocycles. The van der Waals surface area contributed by atoms with Gasteiger partial charge in [0.15, 0.2) is 0 Å². The van der Waals surface area contributed by atoms with Gasteiger partial charge >= 0.3 is 5.97 Å². The molecule has 1 saturated carbocycles. The van der Waals surface area contributed by atoms with Crippen molar-refractivity contribution < 1.29 is 14.3 Å². The normalized spacial score (nSPS) is 32.9. The van der Waals surface area contributed by atoms with Crippen molar-refractivity contribution in [2.24, 2.45) is 5.73 Å². The fraction of sp³-hybridized carbons (Fsp3) is 0.917. The number of nitrogens with zero attached hydrogens (tertiary/aromatic N) is 1. The second-order valence-electron chi connectivity index (χ2n) is 5.29. The van der Waals surface area contributed by atoms with Crippen molar-refractivity contribution in [1.82, 2.24) is 4.90 Å². The Bertz CT molecular complexity index is 293. The highest BCUT2D eigenvalue weighted by molar-refractivity contribution is 5.80. The van der Waals surface area contributed by atoms with Gasteiger partial charge in [0.1, 0.15) is 5.54 Å². The minimum absolute atomic E-state index is 0.331. The van der Waals surface area contributed by atoms with E-state index >= 15 is 0 Å². The number of hydrogen-bond donors (Lipinski definition) is 1. The van der Waals surface area contributed by atoms with E-state index in [1.807, 2.05) is 0 Å². The molecule has 1 aliphatic carbocycles. The lowest BCUT2D eigenvalue weighted by atomic mass is 10.0. The van der Waals surface area contributed by atoms with Crippen molar-refractivity contribution in [3.63, 3.8) is 0 Å². The van der Waals surface area contributed by atoms with Gasteiger partial charge in [-0.15, -0.1) is 0 Å². The van der Waals surface area contributed by atoms with Crippen LogP contribution in [-0.2, 0) is 14.3 Å². The van der Waals surface area contributed by atoms with Gasteiger partial charge in [0.2, 0.25) is 0 Å². The Morgan fingerprint density at radius 2 is 2.35 bits per heavy atom. The average Bonchev–Trinajstić information content (AvgIpc) is 2.76. The molecule has 98 valence electrons. The van der Waals surface area contributed by atoms with E-state index in [1.54, 1.807) is 6.92 Å². The molecule has 2 N–H and O–H groups in total. The Kier molecular flexibility index (Phi) is 3.70. The minimum atomic E-state index is -0.931. The topological polar surface area (TPSA) is 64.8 Å². The molecule has 0 aromatic rings. The summed E-state index contributed by atoms with van der Waals surface area (Å²) in [6, 6.07) is 0.427. The van der Waals surface area contributed by atoms with Crippen LogP contribution in [0.5, 0.6) is 0 Å². The Hall–Kier alpha value is -0.650. The molecule has 3 unspecified atom stereocenters. The average molecular weight is 242 g/mol. The summed E-state index contributed by atoms with van der Waals surface area (Å²) in [5.41, 5.74) is 5.10. The van der Waals surface area contributed by atoms with Gasteiger partial charge in [-0.1, -0.05) is 0 Å². The van der Waals surface area contributed by atoms with Crippen LogP contribution in [0.15, 0.2) is 0 Å². The first-order valence-corrected chi connectivity index (χ1v) is 6.27. The molecule has 1 saturated heterocycles. The fourth-order valence-electron chi connectivity index (χ4n) is 2.92. The second kappa shape index (κ2) is 4.92. The highest BCUT2D eigenvalue weighted by Gasteiger charge is 2.40. The maximum absolute atomic E-state index is 11.6. The molecule has 0 amide bonds. The third kappa shape index (κ3) is 2.61. The summed E-state index contributed by atoms with van der Waals surface area (Å²) in [5, 5.41) is 0. The van der Waals surface area contributed by atoms with Crippen LogP contribution in [0.25, 0.3) is 0 Å². The third-order valence-electron chi connectivity index (χ3n) is 3.78. The maximum Gasteiger partial charge on any atom is 0.326 e. The van der Waals surface area contributed by atoms with Crippen LogP contribution in [0.2, 0.25) is 0 Å². The molecule has 0 radical (unpaired) electrons. The molecule has 2 fully saturated rings. The third-order valence-corrected chi connectivity index (χ3v) is 3.78. The molecule has 0 spiro atoms. The predicted molar refractivity (Wildman–Crippen MR) is 63.6 cm³/mol. The molecule has 0 aromatic carbocycles. The summed E-state index contributed by atoms with van der Waals surface area (Å²) >= 11 is 0. The zero-order chi connectivity index (χ0) is 12.5. The quantitative estimate of drug-likeness (QED) is 0.713. The Morgan fingerprint density at radius 1 is 1.59 bits per heavy atom. The summed E-state index contributed by atoms with van der Waals surface area (Å²) in [5.74, 6) is -0.349. The van der Waals surface area contributed by atoms with Crippen LogP contribution in [-0.4, -0.2) is 55.4 Å². The van der Waals surface area contributed by atoms with Crippen LogP contribution < -0.4 is 5.73 Å². The predicted octanol–water partition coefficient (Wildman–Crippen LogP) is 0.130. The van der Waals surface area contributed by atoms with Crippen LogP contribution in [0, 0.1) is 0 Å². The first-order valence-electron chi connectivity index (χ1n) is 6.27. The number of rotatable bonds is 3. The number of ether oxygens (including phenoxy) is 2. The number of hydrogen-bond acceptors (Lipinski definition) is 5. The Labute approximate surface area is 102 Å². The standard InChI is InChI=1S/C12H22N2O3/c1-12(13,11(15)16-2)8-14-6-7-17-10-5-3-4-9(10)14/h9-10H,3-8,13H2,1-2H3. The lowest BCUT2D eigenvalue weighted by Gasteiger charge is -2.40. The van der Waals surface area contributed by atoms with E-state index in [2.05, 4.69) is 4.90 Å². The van der Waals surface area contributed by atoms with Gasteiger partial charge in [0.05, 0.1) is 19.8 Å². The number of carbonyl (C=O) groups excluding carboxylic acids is 1. The van der Waals surface area contributed by atoms with Gasteiger partial charge in [0.25, 0.3) is 0 Å². The first kappa shape index (κ1) is 12.8. The molecule has 2 rings (SSSR count). The number of nitrogens with two attached hydrogens (primary N) is 1. The second-order valence-corrected chi connectivity index (χ2v) is 5.29. The molecule has 0 bridgehead atoms. The van der Waals surface area contributed by atoms with Crippen LogP contribution in [0.3, 0.4) is 0 Å². The summed E-state index contributed by atoms with van der Waals surface area (Å²) < 4.78 is 10.5. The number of morpholine rings is 1. The highest BCUT2D eigenvalue weighted by Crippen LogP contribution is 2.30. The summed E-state index contributed by atoms with van der Waals surface area (Å²) in [4.78, 5) is 13.9. The first-order chi connectivity index (χ1) is 8.04. The van der Waals surface area contributed by atoms with E-state index in [1.165, 1.54) is 13.5 Å². The number of carbonyl (C=O) groups is 1. The van der Waals surface area contributed by atoms with E-state index in [4.69, 9.17) is 15.2 Å². The molecule has 5 heteroatoms. The monoisotopic (exact) mass is 242 g/mol. The minimum Gasteiger partial charge on any atom is -0.468 e. The molecular formula is C12H22N2O3. The van der Waals surface area contributed by atoms with Gasteiger partial charge < -0.3 is 15.2 Å². The highest BCUT2D eigenvalue weighted by atomic mass is 16.5. The number of esters is 1. The Balaban J connectivity index is 2.00. The van der Waals surface area contributed by atoms with Crippen molar-refractivity contribution in [3.05, 3.63) is 0 Å². The molecule has 5 nitrogen and oxygen atoms in total. The van der Waals surface area contributed by atoms with Gasteiger partial charge in [-0.05, 0) is 26.2 Å². The van der Waals surface area contributed by atoms with E-state index < -0.39 is 5.54 Å². The van der Waals surface area contributed by atoms with Gasteiger partial charge in [-0.25, -0.2) is 0 Å². The van der Waals surface area contributed by atoms with Crippen LogP contribution in [0.1, 0.15) is 26.2 Å². The van der Waals surface area contributed by atoms with Crippen molar-refractivity contribution in [1.29, 1.82) is 0 Å². The van der Waals surface area contributed by atoms with Gasteiger partial charge in [0, 0.05) is 19.1 Å². The zero-order valence-corrected chi connectivity index (χ0v) is 10.6. The lowest BCUT2D eigenvalue weighted by molar-refractivity contribution is -0.148. The van der Waals surface area contributed by atoms with Gasteiger partial charge in [-0.3, -0.25) is 9.69 Å². The number of fused-ring (bicyclic) bond motifs is 1. The maximum atomic E-state index is 11.6. The van der Waals surface area contributed by atoms with Crippen LogP contribution >= 0.6 is 0 Å². The smallest absolute Gasteiger partial charge is 0.326 e. The molecule has 0 aromatic heterocycles. The SMILES string of the molecule is COC(=O)C(C)(N)CN1CCOC2CCCC21. The van der Waals surface area contributed by atoms with E-state index in [0.717, 1.165) is 26.0 Å². The molecule has 2 aliphatic rings. The molecule has 17 heavy (non-hydrogen) atoms. The molecule has 3 atom stereocenters. The fourth-order valence-corrected chi connectivity index (χ4v) is 2.92. The lowest BCUT2D eigenvalue weighted by Crippen LogP contribution is -2.59. The van der Waals surface area contributed by atoms with E-state index in [0.29, 0.717) is 18.7 Å². The van der Waals surface area contributed by atoms with Crippen molar-refractivity contribution in [3.8, 4) is 0 Å². The summed E-state index contributed by atoms with van der Waals surface area (Å²) in [7, 11) is 1.38. The van der Waals surface area contributed by atoms with E-state index in [-0.39, 0.29) is 5.97 Å². The van der Waals surface area contributed by atoms with Crippen molar-refractivity contribution in [2.45, 2.75) is 43.9 Å². The Morgan fingerprint density at radius 3 is 3.06 bits per heavy atom. The van der Waals surface area contributed by atoms with Crippen molar-refractivity contribution >= 4 is 5.97 Å². The zero-order valence-electron chi connectivity index (χ0n) is 10.6. The summed E-state index contributed by atoms with van der Waals surface area (Å²) in [6.45, 7) is 3.87. The molecule has 1 aliphatic heterocycles.